The highest BCUT2D eigenvalue weighted by Crippen LogP contribution is 2.19. The molecule has 0 N–H and O–H groups in total. The molecular weight excluding hydrogens is 328 g/mol. The van der Waals surface area contributed by atoms with Crippen molar-refractivity contribution in [2.24, 2.45) is 0 Å². The second kappa shape index (κ2) is 6.09. The smallest absolute Gasteiger partial charge is 0.254 e. The zero-order valence-electron chi connectivity index (χ0n) is 12.8. The molecule has 0 spiro atoms. The number of rotatable bonds is 2. The van der Waals surface area contributed by atoms with Crippen molar-refractivity contribution in [3.8, 4) is 0 Å². The summed E-state index contributed by atoms with van der Waals surface area (Å²) in [4.78, 5) is 20.4. The van der Waals surface area contributed by atoms with Gasteiger partial charge in [0.1, 0.15) is 0 Å². The van der Waals surface area contributed by atoms with E-state index in [9.17, 15) is 4.79 Å². The number of hydrogen-bond donors (Lipinski definition) is 0. The third-order valence-electron chi connectivity index (χ3n) is 4.13. The van der Waals surface area contributed by atoms with Crippen molar-refractivity contribution >= 4 is 29.1 Å². The van der Waals surface area contributed by atoms with Gasteiger partial charge < -0.3 is 9.80 Å². The Balaban J connectivity index is 1.49. The maximum Gasteiger partial charge on any atom is 0.254 e. The van der Waals surface area contributed by atoms with Crippen LogP contribution in [0.2, 0.25) is 5.02 Å². The van der Waals surface area contributed by atoms with E-state index in [2.05, 4.69) is 20.1 Å². The van der Waals surface area contributed by atoms with Gasteiger partial charge in [0.05, 0.1) is 5.02 Å². The number of carbonyl (C=O) groups excluding carboxylic acids is 1. The van der Waals surface area contributed by atoms with E-state index in [0.717, 1.165) is 11.6 Å². The van der Waals surface area contributed by atoms with Crippen LogP contribution in [0.4, 0.5) is 5.95 Å². The summed E-state index contributed by atoms with van der Waals surface area (Å²) in [6.07, 6.45) is 5.08. The molecule has 0 radical (unpaired) electrons. The van der Waals surface area contributed by atoms with E-state index >= 15 is 0 Å². The molecule has 1 saturated heterocycles. The molecule has 7 nitrogen and oxygen atoms in total. The van der Waals surface area contributed by atoms with Crippen molar-refractivity contribution in [1.29, 1.82) is 0 Å². The molecular formula is C16H15ClN6O. The number of carbonyl (C=O) groups is 1. The van der Waals surface area contributed by atoms with Gasteiger partial charge in [-0.25, -0.2) is 0 Å². The maximum atomic E-state index is 12.5. The average Bonchev–Trinajstić information content (AvgIpc) is 3.05. The molecule has 0 aliphatic carbocycles. The first-order chi connectivity index (χ1) is 11.7. The molecule has 4 heterocycles. The molecule has 24 heavy (non-hydrogen) atoms. The van der Waals surface area contributed by atoms with Crippen LogP contribution in [0.1, 0.15) is 10.4 Å². The normalized spacial score (nSPS) is 15.0. The summed E-state index contributed by atoms with van der Waals surface area (Å²) in [5.74, 6) is 0.787. The van der Waals surface area contributed by atoms with Gasteiger partial charge in [0.2, 0.25) is 5.95 Å². The summed E-state index contributed by atoms with van der Waals surface area (Å²) < 4.78 is 1.88. The van der Waals surface area contributed by atoms with Crippen LogP contribution in [0, 0.1) is 0 Å². The first-order valence-corrected chi connectivity index (χ1v) is 8.05. The lowest BCUT2D eigenvalue weighted by Gasteiger charge is -2.34. The number of aromatic nitrogens is 4. The molecule has 3 aromatic heterocycles. The van der Waals surface area contributed by atoms with Gasteiger partial charge in [-0.2, -0.15) is 0 Å². The Labute approximate surface area is 143 Å². The summed E-state index contributed by atoms with van der Waals surface area (Å²) in [5, 5.41) is 9.05. The zero-order chi connectivity index (χ0) is 16.5. The van der Waals surface area contributed by atoms with E-state index in [1.807, 2.05) is 15.4 Å². The molecule has 8 heteroatoms. The molecule has 1 amide bonds. The average molecular weight is 343 g/mol. The van der Waals surface area contributed by atoms with E-state index in [-0.39, 0.29) is 5.91 Å². The van der Waals surface area contributed by atoms with Gasteiger partial charge >= 0.3 is 0 Å². The van der Waals surface area contributed by atoms with Crippen molar-refractivity contribution in [2.45, 2.75) is 0 Å². The summed E-state index contributed by atoms with van der Waals surface area (Å²) in [5.41, 5.74) is 1.42. The highest BCUT2D eigenvalue weighted by atomic mass is 35.5. The number of pyridine rings is 2. The lowest BCUT2D eigenvalue weighted by atomic mass is 10.2. The summed E-state index contributed by atoms with van der Waals surface area (Å²) in [7, 11) is 0. The van der Waals surface area contributed by atoms with Crippen molar-refractivity contribution in [3.63, 3.8) is 0 Å². The number of nitrogens with zero attached hydrogens (tertiary/aromatic N) is 6. The van der Waals surface area contributed by atoms with E-state index in [0.29, 0.717) is 36.8 Å². The summed E-state index contributed by atoms with van der Waals surface area (Å²) in [6, 6.07) is 7.11. The fourth-order valence-electron chi connectivity index (χ4n) is 2.85. The minimum atomic E-state index is 0.0335. The first-order valence-electron chi connectivity index (χ1n) is 7.67. The molecule has 1 aliphatic heterocycles. The van der Waals surface area contributed by atoms with E-state index < -0.39 is 0 Å². The Kier molecular flexibility index (Phi) is 3.78. The van der Waals surface area contributed by atoms with Gasteiger partial charge in [-0.1, -0.05) is 11.6 Å². The molecule has 1 fully saturated rings. The van der Waals surface area contributed by atoms with Gasteiger partial charge in [-0.15, -0.1) is 10.2 Å². The standard InChI is InChI=1S/C16H15ClN6O/c17-13-1-2-14-19-20-16(23(14)11-13)22-9-7-21(8-10-22)15(24)12-3-5-18-6-4-12/h1-6,11H,7-10H2. The molecule has 0 atom stereocenters. The van der Waals surface area contributed by atoms with Crippen LogP contribution in [0.15, 0.2) is 42.9 Å². The number of anilines is 1. The Morgan fingerprint density at radius 2 is 1.75 bits per heavy atom. The van der Waals surface area contributed by atoms with Crippen LogP contribution in [0.25, 0.3) is 5.65 Å². The van der Waals surface area contributed by atoms with Gasteiger partial charge in [0.25, 0.3) is 5.91 Å². The zero-order valence-corrected chi connectivity index (χ0v) is 13.6. The number of amides is 1. The van der Waals surface area contributed by atoms with E-state index in [1.54, 1.807) is 36.8 Å². The van der Waals surface area contributed by atoms with Gasteiger partial charge in [0, 0.05) is 50.3 Å². The minimum Gasteiger partial charge on any atom is -0.337 e. The van der Waals surface area contributed by atoms with Gasteiger partial charge in [-0.05, 0) is 24.3 Å². The number of piperazine rings is 1. The van der Waals surface area contributed by atoms with Crippen LogP contribution in [-0.4, -0.2) is 56.6 Å². The Bertz CT molecular complexity index is 873. The van der Waals surface area contributed by atoms with Crippen LogP contribution in [0.3, 0.4) is 0 Å². The van der Waals surface area contributed by atoms with Crippen molar-refractivity contribution in [1.82, 2.24) is 24.5 Å². The quantitative estimate of drug-likeness (QED) is 0.709. The van der Waals surface area contributed by atoms with Crippen LogP contribution >= 0.6 is 11.6 Å². The molecule has 0 unspecified atom stereocenters. The highest BCUT2D eigenvalue weighted by molar-refractivity contribution is 6.30. The Morgan fingerprint density at radius 3 is 2.50 bits per heavy atom. The van der Waals surface area contributed by atoms with E-state index in [4.69, 9.17) is 11.6 Å². The highest BCUT2D eigenvalue weighted by Gasteiger charge is 2.24. The van der Waals surface area contributed by atoms with Crippen molar-refractivity contribution < 1.29 is 4.79 Å². The fraction of sp³-hybridized carbons (Fsp3) is 0.250. The van der Waals surface area contributed by atoms with Crippen LogP contribution in [-0.2, 0) is 0 Å². The molecule has 3 aromatic rings. The second-order valence-electron chi connectivity index (χ2n) is 5.59. The van der Waals surface area contributed by atoms with Gasteiger partial charge in [0.15, 0.2) is 5.65 Å². The largest absolute Gasteiger partial charge is 0.337 e. The van der Waals surface area contributed by atoms with E-state index in [1.165, 1.54) is 0 Å². The number of halogens is 1. The lowest BCUT2D eigenvalue weighted by molar-refractivity contribution is 0.0746. The molecule has 122 valence electrons. The summed E-state index contributed by atoms with van der Waals surface area (Å²) >= 11 is 6.07. The Hall–Kier alpha value is -2.67. The van der Waals surface area contributed by atoms with Crippen LogP contribution < -0.4 is 4.90 Å². The first kappa shape index (κ1) is 14.9. The SMILES string of the molecule is O=C(c1ccncc1)N1CCN(c2nnc3ccc(Cl)cn23)CC1. The predicted molar refractivity (Wildman–Crippen MR) is 90.4 cm³/mol. The number of fused-ring (bicyclic) bond motifs is 1. The second-order valence-corrected chi connectivity index (χ2v) is 6.03. The lowest BCUT2D eigenvalue weighted by Crippen LogP contribution is -2.49. The van der Waals surface area contributed by atoms with Crippen molar-refractivity contribution in [3.05, 3.63) is 53.4 Å². The molecule has 1 aliphatic rings. The topological polar surface area (TPSA) is 66.6 Å². The monoisotopic (exact) mass is 342 g/mol. The third-order valence-corrected chi connectivity index (χ3v) is 4.35. The summed E-state index contributed by atoms with van der Waals surface area (Å²) in [6.45, 7) is 2.67. The maximum absolute atomic E-state index is 12.5. The number of hydrogen-bond acceptors (Lipinski definition) is 5. The third kappa shape index (κ3) is 2.67. The minimum absolute atomic E-state index is 0.0335. The molecule has 0 aromatic carbocycles. The predicted octanol–water partition coefficient (Wildman–Crippen LogP) is 1.74. The molecule has 0 saturated carbocycles. The van der Waals surface area contributed by atoms with Crippen molar-refractivity contribution in [2.75, 3.05) is 31.1 Å². The molecule has 4 rings (SSSR count). The fourth-order valence-corrected chi connectivity index (χ4v) is 3.02. The molecule has 0 bridgehead atoms. The van der Waals surface area contributed by atoms with Gasteiger partial charge in [-0.3, -0.25) is 14.2 Å². The Morgan fingerprint density at radius 1 is 1.00 bits per heavy atom. The van der Waals surface area contributed by atoms with Crippen LogP contribution in [0.5, 0.6) is 0 Å².